The van der Waals surface area contributed by atoms with Crippen LogP contribution in [0.25, 0.3) is 0 Å². The van der Waals surface area contributed by atoms with Crippen LogP contribution in [0.4, 0.5) is 11.4 Å². The normalized spacial score (nSPS) is 12.4. The summed E-state index contributed by atoms with van der Waals surface area (Å²) in [5.74, 6) is 0. The molecule has 1 heterocycles. The van der Waals surface area contributed by atoms with E-state index in [1.807, 2.05) is 23.5 Å². The highest BCUT2D eigenvalue weighted by atomic mass is 32.1. The topological polar surface area (TPSA) is 38.0 Å². The molecule has 0 radical (unpaired) electrons. The molecule has 96 valence electrons. The van der Waals surface area contributed by atoms with Crippen LogP contribution in [0.2, 0.25) is 0 Å². The van der Waals surface area contributed by atoms with E-state index in [0.29, 0.717) is 0 Å². The zero-order valence-electron chi connectivity index (χ0n) is 11.4. The lowest BCUT2D eigenvalue weighted by molar-refractivity contribution is 0.880. The van der Waals surface area contributed by atoms with Crippen LogP contribution >= 0.6 is 11.3 Å². The molecule has 0 amide bonds. The quantitative estimate of drug-likeness (QED) is 0.801. The Morgan fingerprint density at radius 1 is 1.22 bits per heavy atom. The van der Waals surface area contributed by atoms with E-state index in [4.69, 9.17) is 5.73 Å². The summed E-state index contributed by atoms with van der Waals surface area (Å²) in [6, 6.07) is 8.54. The zero-order valence-corrected chi connectivity index (χ0v) is 12.2. The smallest absolute Gasteiger partial charge is 0.0608 e. The summed E-state index contributed by atoms with van der Waals surface area (Å²) in [4.78, 5) is 2.73. The fraction of sp³-hybridized carbons (Fsp3) is 0.333. The molecule has 0 bridgehead atoms. The second-order valence-corrected chi connectivity index (χ2v) is 6.23. The van der Waals surface area contributed by atoms with Crippen LogP contribution in [0.15, 0.2) is 24.3 Å². The van der Waals surface area contributed by atoms with Crippen molar-refractivity contribution >= 4 is 22.7 Å². The third kappa shape index (κ3) is 2.51. The molecule has 2 aromatic rings. The lowest BCUT2D eigenvalue weighted by Gasteiger charge is -2.18. The van der Waals surface area contributed by atoms with Gasteiger partial charge in [0, 0.05) is 15.8 Å². The number of thiophene rings is 1. The maximum Gasteiger partial charge on any atom is 0.0608 e. The van der Waals surface area contributed by atoms with Gasteiger partial charge in [-0.3, -0.25) is 0 Å². The van der Waals surface area contributed by atoms with Crippen molar-refractivity contribution in [3.8, 4) is 0 Å². The number of hydrogen-bond donors (Lipinski definition) is 2. The van der Waals surface area contributed by atoms with Gasteiger partial charge in [0.05, 0.1) is 11.4 Å². The molecule has 0 aliphatic heterocycles. The number of hydrogen-bond acceptors (Lipinski definition) is 3. The Bertz CT molecular complexity index is 537. The van der Waals surface area contributed by atoms with Gasteiger partial charge in [0.15, 0.2) is 0 Å². The van der Waals surface area contributed by atoms with Gasteiger partial charge < -0.3 is 11.1 Å². The highest BCUT2D eigenvalue weighted by Gasteiger charge is 2.13. The summed E-state index contributed by atoms with van der Waals surface area (Å²) >= 11 is 1.85. The Kier molecular flexibility index (Phi) is 3.62. The van der Waals surface area contributed by atoms with Crippen molar-refractivity contribution in [2.24, 2.45) is 0 Å². The molecule has 1 aromatic heterocycles. The largest absolute Gasteiger partial charge is 0.397 e. The average molecular weight is 260 g/mol. The first-order chi connectivity index (χ1) is 8.49. The van der Waals surface area contributed by atoms with Gasteiger partial charge in [-0.1, -0.05) is 12.1 Å². The molecule has 1 unspecified atom stereocenters. The van der Waals surface area contributed by atoms with Gasteiger partial charge in [0.2, 0.25) is 0 Å². The highest BCUT2D eigenvalue weighted by molar-refractivity contribution is 7.12. The van der Waals surface area contributed by atoms with E-state index >= 15 is 0 Å². The van der Waals surface area contributed by atoms with Gasteiger partial charge in [-0.2, -0.15) is 0 Å². The Morgan fingerprint density at radius 3 is 2.50 bits per heavy atom. The molecular formula is C15H20N2S. The molecule has 0 fully saturated rings. The van der Waals surface area contributed by atoms with Crippen molar-refractivity contribution in [3.63, 3.8) is 0 Å². The number of nitrogen functional groups attached to an aromatic ring is 1. The number of aryl methyl sites for hydroxylation is 3. The van der Waals surface area contributed by atoms with Crippen LogP contribution in [0.5, 0.6) is 0 Å². The number of anilines is 2. The average Bonchev–Trinajstić information content (AvgIpc) is 2.63. The number of para-hydroxylation sites is 1. The highest BCUT2D eigenvalue weighted by Crippen LogP contribution is 2.31. The van der Waals surface area contributed by atoms with E-state index in [1.165, 1.54) is 20.9 Å². The number of rotatable bonds is 3. The molecule has 2 nitrogen and oxygen atoms in total. The predicted octanol–water partition coefficient (Wildman–Crippen LogP) is 4.43. The molecule has 3 N–H and O–H groups in total. The molecular weight excluding hydrogens is 240 g/mol. The van der Waals surface area contributed by atoms with E-state index in [9.17, 15) is 0 Å². The maximum atomic E-state index is 6.03. The third-order valence-corrected chi connectivity index (χ3v) is 4.19. The standard InChI is InChI=1S/C15H20N2S/c1-9-6-5-7-14(16)15(9)17-11(3)13-8-10(2)18-12(13)4/h5-8,11,17H,16H2,1-4H3. The van der Waals surface area contributed by atoms with Crippen molar-refractivity contribution < 1.29 is 0 Å². The van der Waals surface area contributed by atoms with Crippen LogP contribution in [0.3, 0.4) is 0 Å². The minimum atomic E-state index is 0.276. The Labute approximate surface area is 113 Å². The first-order valence-electron chi connectivity index (χ1n) is 6.17. The molecule has 0 saturated carbocycles. The monoisotopic (exact) mass is 260 g/mol. The first-order valence-corrected chi connectivity index (χ1v) is 6.99. The fourth-order valence-corrected chi connectivity index (χ4v) is 3.28. The summed E-state index contributed by atoms with van der Waals surface area (Å²) in [5.41, 5.74) is 10.4. The van der Waals surface area contributed by atoms with Crippen molar-refractivity contribution in [3.05, 3.63) is 45.1 Å². The number of nitrogens with two attached hydrogens (primary N) is 1. The minimum absolute atomic E-state index is 0.276. The lowest BCUT2D eigenvalue weighted by atomic mass is 10.1. The van der Waals surface area contributed by atoms with Crippen molar-refractivity contribution in [1.82, 2.24) is 0 Å². The first kappa shape index (κ1) is 13.0. The summed E-state index contributed by atoms with van der Waals surface area (Å²) < 4.78 is 0. The summed E-state index contributed by atoms with van der Waals surface area (Å²) in [6.45, 7) is 8.58. The Hall–Kier alpha value is -1.48. The van der Waals surface area contributed by atoms with E-state index < -0.39 is 0 Å². The summed E-state index contributed by atoms with van der Waals surface area (Å²) in [5, 5.41) is 3.53. The molecule has 18 heavy (non-hydrogen) atoms. The lowest BCUT2D eigenvalue weighted by Crippen LogP contribution is -2.09. The van der Waals surface area contributed by atoms with Gasteiger partial charge in [0.1, 0.15) is 0 Å². The van der Waals surface area contributed by atoms with Crippen LogP contribution in [-0.2, 0) is 0 Å². The van der Waals surface area contributed by atoms with E-state index in [1.54, 1.807) is 0 Å². The molecule has 3 heteroatoms. The maximum absolute atomic E-state index is 6.03. The Balaban J connectivity index is 2.26. The molecule has 0 aliphatic rings. The van der Waals surface area contributed by atoms with Gasteiger partial charge in [-0.15, -0.1) is 11.3 Å². The molecule has 0 saturated heterocycles. The van der Waals surface area contributed by atoms with Crippen molar-refractivity contribution in [2.75, 3.05) is 11.1 Å². The van der Waals surface area contributed by atoms with Crippen LogP contribution in [-0.4, -0.2) is 0 Å². The van der Waals surface area contributed by atoms with Crippen LogP contribution in [0, 0.1) is 20.8 Å². The minimum Gasteiger partial charge on any atom is -0.397 e. The fourth-order valence-electron chi connectivity index (χ4n) is 2.26. The van der Waals surface area contributed by atoms with E-state index in [0.717, 1.165) is 11.4 Å². The summed E-state index contributed by atoms with van der Waals surface area (Å²) in [7, 11) is 0. The van der Waals surface area contributed by atoms with Crippen molar-refractivity contribution in [1.29, 1.82) is 0 Å². The van der Waals surface area contributed by atoms with Crippen molar-refractivity contribution in [2.45, 2.75) is 33.7 Å². The zero-order chi connectivity index (χ0) is 13.3. The summed E-state index contributed by atoms with van der Waals surface area (Å²) in [6.07, 6.45) is 0. The molecule has 0 spiro atoms. The second kappa shape index (κ2) is 5.02. The number of nitrogens with one attached hydrogen (secondary N) is 1. The molecule has 1 aromatic carbocycles. The third-order valence-electron chi connectivity index (χ3n) is 3.21. The predicted molar refractivity (Wildman–Crippen MR) is 81.4 cm³/mol. The van der Waals surface area contributed by atoms with Gasteiger partial charge >= 0.3 is 0 Å². The second-order valence-electron chi connectivity index (χ2n) is 4.77. The van der Waals surface area contributed by atoms with Crippen LogP contribution < -0.4 is 11.1 Å². The molecule has 2 rings (SSSR count). The van der Waals surface area contributed by atoms with Gasteiger partial charge in [-0.05, 0) is 51.0 Å². The SMILES string of the molecule is Cc1cc(C(C)Nc2c(C)cccc2N)c(C)s1. The molecule has 0 aliphatic carbocycles. The van der Waals surface area contributed by atoms with Gasteiger partial charge in [-0.25, -0.2) is 0 Å². The number of benzene rings is 1. The van der Waals surface area contributed by atoms with Gasteiger partial charge in [0.25, 0.3) is 0 Å². The van der Waals surface area contributed by atoms with E-state index in [2.05, 4.69) is 45.1 Å². The van der Waals surface area contributed by atoms with E-state index in [-0.39, 0.29) is 6.04 Å². The Morgan fingerprint density at radius 2 is 1.94 bits per heavy atom. The van der Waals surface area contributed by atoms with Crippen LogP contribution in [0.1, 0.15) is 33.8 Å². The molecule has 1 atom stereocenters.